The maximum absolute atomic E-state index is 5.55. The molecule has 0 aliphatic rings. The Labute approximate surface area is 64.4 Å². The van der Waals surface area contributed by atoms with Gasteiger partial charge in [-0.3, -0.25) is 0 Å². The van der Waals surface area contributed by atoms with Gasteiger partial charge in [-0.1, -0.05) is 0 Å². The minimum absolute atomic E-state index is 0.271. The first-order valence-corrected chi connectivity index (χ1v) is 3.09. The molecule has 0 saturated heterocycles. The average molecular weight is 154 g/mol. The number of nitrogens with zero attached hydrogens (tertiary/aromatic N) is 2. The lowest BCUT2D eigenvalue weighted by Crippen LogP contribution is -2.04. The van der Waals surface area contributed by atoms with Gasteiger partial charge in [-0.25, -0.2) is 0 Å². The Balaban J connectivity index is 3.25. The summed E-state index contributed by atoms with van der Waals surface area (Å²) in [4.78, 5) is 0. The van der Waals surface area contributed by atoms with Gasteiger partial charge in [0.1, 0.15) is 5.69 Å². The molecule has 0 saturated carbocycles. The van der Waals surface area contributed by atoms with E-state index in [0.29, 0.717) is 17.1 Å². The summed E-state index contributed by atoms with van der Waals surface area (Å²) in [5.74, 6) is 0.271. The number of nitrogen functional groups attached to an aromatic ring is 2. The lowest BCUT2D eigenvalue weighted by molar-refractivity contribution is 0.394. The van der Waals surface area contributed by atoms with Gasteiger partial charge in [-0.05, 0) is 6.92 Å². The Bertz CT molecular complexity index is 274. The second kappa shape index (κ2) is 2.61. The molecule has 0 bridgehead atoms. The van der Waals surface area contributed by atoms with E-state index in [0.717, 1.165) is 0 Å². The number of aryl methyl sites for hydroxylation is 1. The molecule has 11 heavy (non-hydrogen) atoms. The lowest BCUT2D eigenvalue weighted by atomic mass is 10.3. The topological polar surface area (TPSA) is 87.0 Å². The van der Waals surface area contributed by atoms with Crippen molar-refractivity contribution in [1.29, 1.82) is 0 Å². The van der Waals surface area contributed by atoms with Gasteiger partial charge in [-0.15, -0.1) is 10.2 Å². The number of aromatic nitrogens is 2. The second-order valence-electron chi connectivity index (χ2n) is 2.12. The fraction of sp³-hybridized carbons (Fsp3) is 0.333. The zero-order valence-corrected chi connectivity index (χ0v) is 6.46. The van der Waals surface area contributed by atoms with E-state index >= 15 is 0 Å². The largest absolute Gasteiger partial charge is 0.478 e. The molecule has 0 aromatic carbocycles. The summed E-state index contributed by atoms with van der Waals surface area (Å²) in [5, 5.41) is 7.41. The fourth-order valence-corrected chi connectivity index (χ4v) is 0.689. The summed E-state index contributed by atoms with van der Waals surface area (Å²) < 4.78 is 4.80. The predicted octanol–water partition coefficient (Wildman–Crippen LogP) is -0.0420. The molecule has 0 radical (unpaired) electrons. The van der Waals surface area contributed by atoms with Crippen LogP contribution < -0.4 is 16.2 Å². The monoisotopic (exact) mass is 154 g/mol. The van der Waals surface area contributed by atoms with Gasteiger partial charge in [-0.2, -0.15) is 0 Å². The number of ether oxygens (including phenoxy) is 1. The molecule has 0 amide bonds. The fourth-order valence-electron chi connectivity index (χ4n) is 0.689. The van der Waals surface area contributed by atoms with Crippen LogP contribution in [0.4, 0.5) is 11.4 Å². The number of hydrogen-bond donors (Lipinski definition) is 2. The third-order valence-corrected chi connectivity index (χ3v) is 1.39. The normalized spacial score (nSPS) is 9.64. The molecule has 5 nitrogen and oxygen atoms in total. The molecule has 0 atom stereocenters. The third-order valence-electron chi connectivity index (χ3n) is 1.39. The molecule has 1 heterocycles. The SMILES string of the molecule is COc1nnc(C)c(N)c1N. The van der Waals surface area contributed by atoms with Crippen LogP contribution in [-0.4, -0.2) is 17.3 Å². The molecule has 0 fully saturated rings. The quantitative estimate of drug-likeness (QED) is 0.592. The van der Waals surface area contributed by atoms with E-state index in [4.69, 9.17) is 16.2 Å². The van der Waals surface area contributed by atoms with E-state index in [1.807, 2.05) is 0 Å². The van der Waals surface area contributed by atoms with Gasteiger partial charge >= 0.3 is 0 Å². The highest BCUT2D eigenvalue weighted by molar-refractivity contribution is 5.69. The average Bonchev–Trinajstić information content (AvgIpc) is 2.01. The molecule has 0 spiro atoms. The minimum atomic E-state index is 0.271. The van der Waals surface area contributed by atoms with E-state index in [9.17, 15) is 0 Å². The van der Waals surface area contributed by atoms with Crippen molar-refractivity contribution < 1.29 is 4.74 Å². The highest BCUT2D eigenvalue weighted by Crippen LogP contribution is 2.24. The minimum Gasteiger partial charge on any atom is -0.478 e. The molecule has 1 aromatic rings. The van der Waals surface area contributed by atoms with Crippen LogP contribution in [0.25, 0.3) is 0 Å². The van der Waals surface area contributed by atoms with E-state index in [-0.39, 0.29) is 5.88 Å². The van der Waals surface area contributed by atoms with Gasteiger partial charge in [0.15, 0.2) is 0 Å². The predicted molar refractivity (Wildman–Crippen MR) is 42.1 cm³/mol. The molecular formula is C6H10N4O. The molecule has 0 aliphatic carbocycles. The van der Waals surface area contributed by atoms with Crippen molar-refractivity contribution in [3.05, 3.63) is 5.69 Å². The van der Waals surface area contributed by atoms with Gasteiger partial charge in [0.2, 0.25) is 0 Å². The van der Waals surface area contributed by atoms with E-state index < -0.39 is 0 Å². The van der Waals surface area contributed by atoms with E-state index in [1.54, 1.807) is 6.92 Å². The summed E-state index contributed by atoms with van der Waals surface area (Å²) in [7, 11) is 1.47. The Hall–Kier alpha value is -1.52. The zero-order chi connectivity index (χ0) is 8.43. The highest BCUT2D eigenvalue weighted by atomic mass is 16.5. The van der Waals surface area contributed by atoms with Crippen molar-refractivity contribution in [3.63, 3.8) is 0 Å². The first-order valence-electron chi connectivity index (χ1n) is 3.09. The molecular weight excluding hydrogens is 144 g/mol. The standard InChI is InChI=1S/C6H10N4O/c1-3-4(7)5(8)6(11-2)10-9-3/h1-2H3,(H2,7,10)(H2,8,9). The molecule has 5 heteroatoms. The molecule has 4 N–H and O–H groups in total. The van der Waals surface area contributed by atoms with Gasteiger partial charge in [0, 0.05) is 0 Å². The summed E-state index contributed by atoms with van der Waals surface area (Å²) in [5.41, 5.74) is 12.5. The van der Waals surface area contributed by atoms with Crippen LogP contribution in [0.5, 0.6) is 5.88 Å². The first-order chi connectivity index (χ1) is 5.16. The molecule has 0 unspecified atom stereocenters. The summed E-state index contributed by atoms with van der Waals surface area (Å²) in [6.07, 6.45) is 0. The second-order valence-corrected chi connectivity index (χ2v) is 2.12. The van der Waals surface area contributed by atoms with E-state index in [2.05, 4.69) is 10.2 Å². The van der Waals surface area contributed by atoms with Crippen molar-refractivity contribution in [2.24, 2.45) is 0 Å². The lowest BCUT2D eigenvalue weighted by Gasteiger charge is -2.05. The van der Waals surface area contributed by atoms with Crippen molar-refractivity contribution in [3.8, 4) is 5.88 Å². The van der Waals surface area contributed by atoms with Gasteiger partial charge in [0.05, 0.1) is 18.5 Å². The number of methoxy groups -OCH3 is 1. The number of hydrogen-bond acceptors (Lipinski definition) is 5. The summed E-state index contributed by atoms with van der Waals surface area (Å²) in [6, 6.07) is 0. The molecule has 1 rings (SSSR count). The maximum Gasteiger partial charge on any atom is 0.258 e. The van der Waals surface area contributed by atoms with Crippen LogP contribution in [0.3, 0.4) is 0 Å². The van der Waals surface area contributed by atoms with Crippen molar-refractivity contribution in [1.82, 2.24) is 10.2 Å². The van der Waals surface area contributed by atoms with Crippen LogP contribution in [0.2, 0.25) is 0 Å². The third kappa shape index (κ3) is 1.17. The van der Waals surface area contributed by atoms with Crippen molar-refractivity contribution >= 4 is 11.4 Å². The first kappa shape index (κ1) is 7.59. The Morgan fingerprint density at radius 1 is 1.18 bits per heavy atom. The zero-order valence-electron chi connectivity index (χ0n) is 6.46. The number of nitrogens with two attached hydrogens (primary N) is 2. The van der Waals surface area contributed by atoms with Crippen LogP contribution >= 0.6 is 0 Å². The Kier molecular flexibility index (Phi) is 1.80. The van der Waals surface area contributed by atoms with Crippen LogP contribution in [0.15, 0.2) is 0 Å². The van der Waals surface area contributed by atoms with Gasteiger partial charge in [0.25, 0.3) is 5.88 Å². The molecule has 60 valence electrons. The highest BCUT2D eigenvalue weighted by Gasteiger charge is 2.07. The van der Waals surface area contributed by atoms with Crippen LogP contribution in [-0.2, 0) is 0 Å². The van der Waals surface area contributed by atoms with Crippen LogP contribution in [0, 0.1) is 6.92 Å². The van der Waals surface area contributed by atoms with E-state index in [1.165, 1.54) is 7.11 Å². The maximum atomic E-state index is 5.55. The van der Waals surface area contributed by atoms with Crippen LogP contribution in [0.1, 0.15) is 5.69 Å². The van der Waals surface area contributed by atoms with Gasteiger partial charge < -0.3 is 16.2 Å². The number of rotatable bonds is 1. The molecule has 1 aromatic heterocycles. The number of anilines is 2. The Morgan fingerprint density at radius 2 is 1.82 bits per heavy atom. The molecule has 0 aliphatic heterocycles. The van der Waals surface area contributed by atoms with Crippen molar-refractivity contribution in [2.45, 2.75) is 6.92 Å². The Morgan fingerprint density at radius 3 is 2.36 bits per heavy atom. The smallest absolute Gasteiger partial charge is 0.258 e. The van der Waals surface area contributed by atoms with Crippen molar-refractivity contribution in [2.75, 3.05) is 18.6 Å². The summed E-state index contributed by atoms with van der Waals surface area (Å²) >= 11 is 0. The summed E-state index contributed by atoms with van der Waals surface area (Å²) in [6.45, 7) is 1.73.